The molecule has 2 fully saturated rings. The topological polar surface area (TPSA) is 44.3 Å². The number of hydrogen-bond acceptors (Lipinski definition) is 5. The Balaban J connectivity index is 1.47. The maximum Gasteiger partial charge on any atom is 0.151 e. The number of rotatable bonds is 4. The summed E-state index contributed by atoms with van der Waals surface area (Å²) in [6.45, 7) is 8.13. The summed E-state index contributed by atoms with van der Waals surface area (Å²) in [6.07, 6.45) is 5.16. The van der Waals surface area contributed by atoms with Gasteiger partial charge in [-0.2, -0.15) is 5.10 Å². The van der Waals surface area contributed by atoms with Gasteiger partial charge in [-0.15, -0.1) is 5.10 Å². The summed E-state index contributed by atoms with van der Waals surface area (Å²) in [5.74, 6) is 1.90. The van der Waals surface area contributed by atoms with Gasteiger partial charge in [0.2, 0.25) is 0 Å². The molecule has 0 bridgehead atoms. The zero-order valence-electron chi connectivity index (χ0n) is 14.0. The summed E-state index contributed by atoms with van der Waals surface area (Å²) in [4.78, 5) is 4.98. The standard InChI is InChI=1S/C17H29N5/c1-14-3-4-17(20-19-14)21(2)16-7-11-22(12-8-16)13-15-5-9-18-10-6-15/h3-4,15-16,18H,5-13H2,1-2H3. The van der Waals surface area contributed by atoms with Crippen LogP contribution in [0.1, 0.15) is 31.4 Å². The Hall–Kier alpha value is -1.20. The lowest BCUT2D eigenvalue weighted by Gasteiger charge is -2.39. The smallest absolute Gasteiger partial charge is 0.151 e. The van der Waals surface area contributed by atoms with Crippen LogP contribution in [0.3, 0.4) is 0 Å². The number of hydrogen-bond donors (Lipinski definition) is 1. The fourth-order valence-electron chi connectivity index (χ4n) is 3.69. The van der Waals surface area contributed by atoms with E-state index in [1.165, 1.54) is 58.4 Å². The van der Waals surface area contributed by atoms with E-state index >= 15 is 0 Å². The number of nitrogens with one attached hydrogen (secondary N) is 1. The molecule has 0 saturated carbocycles. The first-order valence-corrected chi connectivity index (χ1v) is 8.68. The summed E-state index contributed by atoms with van der Waals surface area (Å²) in [7, 11) is 2.16. The third-order valence-electron chi connectivity index (χ3n) is 5.23. The van der Waals surface area contributed by atoms with Crippen molar-refractivity contribution in [1.29, 1.82) is 0 Å². The molecular formula is C17H29N5. The summed E-state index contributed by atoms with van der Waals surface area (Å²) in [5, 5.41) is 12.0. The van der Waals surface area contributed by atoms with E-state index in [2.05, 4.69) is 38.4 Å². The van der Waals surface area contributed by atoms with Crippen molar-refractivity contribution in [3.05, 3.63) is 17.8 Å². The molecule has 0 aliphatic carbocycles. The van der Waals surface area contributed by atoms with E-state index in [0.717, 1.165) is 17.4 Å². The molecule has 0 radical (unpaired) electrons. The minimum atomic E-state index is 0.598. The van der Waals surface area contributed by atoms with E-state index < -0.39 is 0 Å². The second-order valence-corrected chi connectivity index (χ2v) is 6.87. The van der Waals surface area contributed by atoms with Crippen LogP contribution in [0.2, 0.25) is 0 Å². The second-order valence-electron chi connectivity index (χ2n) is 6.87. The van der Waals surface area contributed by atoms with Crippen molar-refractivity contribution in [2.45, 2.75) is 38.6 Å². The molecule has 0 unspecified atom stereocenters. The normalized spacial score (nSPS) is 21.9. The highest BCUT2D eigenvalue weighted by Crippen LogP contribution is 2.22. The third kappa shape index (κ3) is 3.96. The van der Waals surface area contributed by atoms with Gasteiger partial charge in [0.15, 0.2) is 5.82 Å². The molecule has 0 amide bonds. The van der Waals surface area contributed by atoms with Crippen LogP contribution in [0.15, 0.2) is 12.1 Å². The highest BCUT2D eigenvalue weighted by molar-refractivity contribution is 5.37. The van der Waals surface area contributed by atoms with Crippen molar-refractivity contribution in [3.8, 4) is 0 Å². The molecule has 1 aromatic rings. The molecule has 5 heteroatoms. The average molecular weight is 303 g/mol. The first kappa shape index (κ1) is 15.7. The van der Waals surface area contributed by atoms with E-state index in [0.29, 0.717) is 6.04 Å². The fourth-order valence-corrected chi connectivity index (χ4v) is 3.69. The third-order valence-corrected chi connectivity index (χ3v) is 5.23. The Bertz CT molecular complexity index is 447. The maximum absolute atomic E-state index is 4.32. The van der Waals surface area contributed by atoms with E-state index in [4.69, 9.17) is 0 Å². The van der Waals surface area contributed by atoms with Crippen LogP contribution in [-0.4, -0.2) is 60.9 Å². The largest absolute Gasteiger partial charge is 0.355 e. The Morgan fingerprint density at radius 1 is 1.14 bits per heavy atom. The first-order chi connectivity index (χ1) is 10.7. The van der Waals surface area contributed by atoms with Crippen LogP contribution in [0.4, 0.5) is 5.82 Å². The molecule has 3 heterocycles. The zero-order chi connectivity index (χ0) is 15.4. The summed E-state index contributed by atoms with van der Waals surface area (Å²) < 4.78 is 0. The van der Waals surface area contributed by atoms with Crippen LogP contribution in [-0.2, 0) is 0 Å². The summed E-state index contributed by atoms with van der Waals surface area (Å²) >= 11 is 0. The van der Waals surface area contributed by atoms with E-state index in [-0.39, 0.29) is 0 Å². The number of likely N-dealkylation sites (tertiary alicyclic amines) is 1. The van der Waals surface area contributed by atoms with Crippen molar-refractivity contribution < 1.29 is 0 Å². The van der Waals surface area contributed by atoms with E-state index in [9.17, 15) is 0 Å². The van der Waals surface area contributed by atoms with Gasteiger partial charge < -0.3 is 15.1 Å². The molecule has 2 saturated heterocycles. The molecule has 2 aliphatic rings. The SMILES string of the molecule is Cc1ccc(N(C)C2CCN(CC3CCNCC3)CC2)nn1. The predicted octanol–water partition coefficient (Wildman–Crippen LogP) is 1.69. The predicted molar refractivity (Wildman–Crippen MR) is 90.2 cm³/mol. The highest BCUT2D eigenvalue weighted by atomic mass is 15.3. The monoisotopic (exact) mass is 303 g/mol. The van der Waals surface area contributed by atoms with E-state index in [1.807, 2.05) is 13.0 Å². The van der Waals surface area contributed by atoms with Gasteiger partial charge >= 0.3 is 0 Å². The van der Waals surface area contributed by atoms with Crippen molar-refractivity contribution in [2.75, 3.05) is 44.7 Å². The van der Waals surface area contributed by atoms with Crippen molar-refractivity contribution in [1.82, 2.24) is 20.4 Å². The van der Waals surface area contributed by atoms with Gasteiger partial charge in [0.1, 0.15) is 0 Å². The van der Waals surface area contributed by atoms with Crippen molar-refractivity contribution in [2.24, 2.45) is 5.92 Å². The van der Waals surface area contributed by atoms with Gasteiger partial charge in [0.05, 0.1) is 5.69 Å². The zero-order valence-corrected chi connectivity index (χ0v) is 14.0. The van der Waals surface area contributed by atoms with Crippen LogP contribution >= 0.6 is 0 Å². The van der Waals surface area contributed by atoms with Crippen molar-refractivity contribution in [3.63, 3.8) is 0 Å². The minimum absolute atomic E-state index is 0.598. The molecule has 0 atom stereocenters. The lowest BCUT2D eigenvalue weighted by atomic mass is 9.95. The van der Waals surface area contributed by atoms with Gasteiger partial charge in [-0.05, 0) is 63.7 Å². The first-order valence-electron chi connectivity index (χ1n) is 8.68. The molecule has 0 spiro atoms. The fraction of sp³-hybridized carbons (Fsp3) is 0.765. The average Bonchev–Trinajstić information content (AvgIpc) is 2.57. The molecule has 122 valence electrons. The lowest BCUT2D eigenvalue weighted by Crippen LogP contribution is -2.46. The molecule has 22 heavy (non-hydrogen) atoms. The van der Waals surface area contributed by atoms with Crippen LogP contribution in [0.25, 0.3) is 0 Å². The molecule has 5 nitrogen and oxygen atoms in total. The Labute approximate surface area is 134 Å². The Morgan fingerprint density at radius 3 is 2.50 bits per heavy atom. The maximum atomic E-state index is 4.32. The van der Waals surface area contributed by atoms with E-state index in [1.54, 1.807) is 0 Å². The number of aromatic nitrogens is 2. The summed E-state index contributed by atoms with van der Waals surface area (Å²) in [5.41, 5.74) is 0.981. The van der Waals surface area contributed by atoms with Gasteiger partial charge in [0.25, 0.3) is 0 Å². The number of anilines is 1. The van der Waals surface area contributed by atoms with Gasteiger partial charge in [-0.3, -0.25) is 0 Å². The minimum Gasteiger partial charge on any atom is -0.355 e. The summed E-state index contributed by atoms with van der Waals surface area (Å²) in [6, 6.07) is 4.73. The van der Waals surface area contributed by atoms with Crippen molar-refractivity contribution >= 4 is 5.82 Å². The highest BCUT2D eigenvalue weighted by Gasteiger charge is 2.25. The molecule has 2 aliphatic heterocycles. The Kier molecular flexibility index (Phi) is 5.26. The number of nitrogens with zero attached hydrogens (tertiary/aromatic N) is 4. The molecule has 3 rings (SSSR count). The Morgan fingerprint density at radius 2 is 1.86 bits per heavy atom. The quantitative estimate of drug-likeness (QED) is 0.917. The van der Waals surface area contributed by atoms with Gasteiger partial charge in [0, 0.05) is 32.7 Å². The molecule has 1 aromatic heterocycles. The van der Waals surface area contributed by atoms with Gasteiger partial charge in [-0.25, -0.2) is 0 Å². The van der Waals surface area contributed by atoms with Gasteiger partial charge in [-0.1, -0.05) is 0 Å². The lowest BCUT2D eigenvalue weighted by molar-refractivity contribution is 0.166. The second kappa shape index (κ2) is 7.38. The van der Waals surface area contributed by atoms with Crippen LogP contribution < -0.4 is 10.2 Å². The molecular weight excluding hydrogens is 274 g/mol. The molecule has 1 N–H and O–H groups in total. The number of piperidine rings is 2. The molecule has 0 aromatic carbocycles. The van der Waals surface area contributed by atoms with Crippen LogP contribution in [0.5, 0.6) is 0 Å². The number of aryl methyl sites for hydroxylation is 1. The van der Waals surface area contributed by atoms with Crippen LogP contribution in [0, 0.1) is 12.8 Å².